The van der Waals surface area contributed by atoms with Crippen LogP contribution >= 0.6 is 0 Å². The molecule has 0 aromatic rings. The highest BCUT2D eigenvalue weighted by atomic mass is 16.5. The van der Waals surface area contributed by atoms with Crippen LogP contribution in [0.25, 0.3) is 0 Å². The molecule has 16 heavy (non-hydrogen) atoms. The summed E-state index contributed by atoms with van der Waals surface area (Å²) in [6.07, 6.45) is 6.82. The Morgan fingerprint density at radius 2 is 2.06 bits per heavy atom. The van der Waals surface area contributed by atoms with E-state index in [4.69, 9.17) is 9.47 Å². The van der Waals surface area contributed by atoms with Crippen molar-refractivity contribution in [2.45, 2.75) is 51.2 Å². The van der Waals surface area contributed by atoms with Crippen molar-refractivity contribution >= 4 is 0 Å². The van der Waals surface area contributed by atoms with E-state index in [2.05, 4.69) is 12.2 Å². The van der Waals surface area contributed by atoms with E-state index in [1.165, 1.54) is 25.7 Å². The lowest BCUT2D eigenvalue weighted by molar-refractivity contribution is -0.0102. The van der Waals surface area contributed by atoms with Gasteiger partial charge in [0.1, 0.15) is 0 Å². The summed E-state index contributed by atoms with van der Waals surface area (Å²) in [4.78, 5) is 0. The summed E-state index contributed by atoms with van der Waals surface area (Å²) in [6, 6.07) is 0.694. The van der Waals surface area contributed by atoms with Crippen LogP contribution in [-0.2, 0) is 9.47 Å². The molecule has 2 fully saturated rings. The van der Waals surface area contributed by atoms with Crippen LogP contribution in [0.2, 0.25) is 0 Å². The Kier molecular flexibility index (Phi) is 5.07. The molecule has 0 heterocycles. The Morgan fingerprint density at radius 1 is 1.25 bits per heavy atom. The molecule has 0 atom stereocenters. The molecule has 2 saturated carbocycles. The third-order valence-corrected chi connectivity index (χ3v) is 3.45. The zero-order chi connectivity index (χ0) is 11.2. The lowest BCUT2D eigenvalue weighted by atomic mass is 9.89. The fourth-order valence-corrected chi connectivity index (χ4v) is 2.12. The number of rotatable bonds is 9. The molecule has 3 nitrogen and oxygen atoms in total. The van der Waals surface area contributed by atoms with E-state index in [-0.39, 0.29) is 0 Å². The Bertz CT molecular complexity index is 188. The van der Waals surface area contributed by atoms with Gasteiger partial charge in [0.25, 0.3) is 0 Å². The standard InChI is InChI=1S/C13H25NO2/c1-2-16-13-8-12(9-13)14-6-3-7-15-10-11-4-5-11/h11-14H,2-10H2,1H3. The van der Waals surface area contributed by atoms with Gasteiger partial charge in [-0.3, -0.25) is 0 Å². The predicted octanol–water partition coefficient (Wildman–Crippen LogP) is 1.96. The second-order valence-electron chi connectivity index (χ2n) is 5.07. The molecule has 0 unspecified atom stereocenters. The number of ether oxygens (including phenoxy) is 2. The molecule has 0 amide bonds. The van der Waals surface area contributed by atoms with Crippen LogP contribution in [-0.4, -0.2) is 38.5 Å². The summed E-state index contributed by atoms with van der Waals surface area (Å²) in [5, 5.41) is 3.55. The van der Waals surface area contributed by atoms with Crippen LogP contribution in [0.5, 0.6) is 0 Å². The molecule has 0 spiro atoms. The van der Waals surface area contributed by atoms with Crippen molar-refractivity contribution in [2.24, 2.45) is 5.92 Å². The Hall–Kier alpha value is -0.120. The van der Waals surface area contributed by atoms with Crippen molar-refractivity contribution in [2.75, 3.05) is 26.4 Å². The topological polar surface area (TPSA) is 30.5 Å². The molecule has 2 aliphatic rings. The van der Waals surface area contributed by atoms with Crippen molar-refractivity contribution in [1.29, 1.82) is 0 Å². The van der Waals surface area contributed by atoms with Gasteiger partial charge in [0.2, 0.25) is 0 Å². The summed E-state index contributed by atoms with van der Waals surface area (Å²) in [5.74, 6) is 0.895. The molecule has 2 rings (SSSR count). The van der Waals surface area contributed by atoms with Gasteiger partial charge in [-0.1, -0.05) is 0 Å². The quantitative estimate of drug-likeness (QED) is 0.611. The van der Waals surface area contributed by atoms with Crippen molar-refractivity contribution < 1.29 is 9.47 Å². The Morgan fingerprint density at radius 3 is 2.75 bits per heavy atom. The summed E-state index contributed by atoms with van der Waals surface area (Å²) in [7, 11) is 0. The van der Waals surface area contributed by atoms with Crippen molar-refractivity contribution in [3.63, 3.8) is 0 Å². The molecule has 94 valence electrons. The van der Waals surface area contributed by atoms with Crippen LogP contribution in [0.1, 0.15) is 39.0 Å². The van der Waals surface area contributed by atoms with Gasteiger partial charge in [-0.15, -0.1) is 0 Å². The summed E-state index contributed by atoms with van der Waals surface area (Å²) >= 11 is 0. The average molecular weight is 227 g/mol. The maximum Gasteiger partial charge on any atom is 0.0604 e. The number of hydrogen-bond donors (Lipinski definition) is 1. The largest absolute Gasteiger partial charge is 0.381 e. The first-order valence-electron chi connectivity index (χ1n) is 6.81. The third-order valence-electron chi connectivity index (χ3n) is 3.45. The lowest BCUT2D eigenvalue weighted by Gasteiger charge is -2.35. The molecule has 3 heteroatoms. The minimum absolute atomic E-state index is 0.522. The first-order chi connectivity index (χ1) is 7.88. The Labute approximate surface area is 98.9 Å². The van der Waals surface area contributed by atoms with Gasteiger partial charge in [-0.05, 0) is 51.5 Å². The SMILES string of the molecule is CCOC1CC(NCCCOCC2CC2)C1. The van der Waals surface area contributed by atoms with Crippen LogP contribution in [0.4, 0.5) is 0 Å². The van der Waals surface area contributed by atoms with Gasteiger partial charge in [0.15, 0.2) is 0 Å². The number of nitrogens with one attached hydrogen (secondary N) is 1. The molecule has 0 aromatic carbocycles. The lowest BCUT2D eigenvalue weighted by Crippen LogP contribution is -2.45. The van der Waals surface area contributed by atoms with Gasteiger partial charge in [0, 0.05) is 25.9 Å². The fourth-order valence-electron chi connectivity index (χ4n) is 2.12. The zero-order valence-corrected chi connectivity index (χ0v) is 10.4. The second kappa shape index (κ2) is 6.58. The van der Waals surface area contributed by atoms with Crippen LogP contribution < -0.4 is 5.32 Å². The summed E-state index contributed by atoms with van der Waals surface area (Å²) < 4.78 is 11.1. The molecule has 0 aliphatic heterocycles. The van der Waals surface area contributed by atoms with Gasteiger partial charge >= 0.3 is 0 Å². The van der Waals surface area contributed by atoms with Gasteiger partial charge < -0.3 is 14.8 Å². The van der Waals surface area contributed by atoms with Crippen molar-refractivity contribution in [1.82, 2.24) is 5.32 Å². The molecule has 1 N–H and O–H groups in total. The maximum atomic E-state index is 5.59. The summed E-state index contributed by atoms with van der Waals surface area (Å²) in [6.45, 7) is 5.93. The van der Waals surface area contributed by atoms with Crippen LogP contribution in [0, 0.1) is 5.92 Å². The van der Waals surface area contributed by atoms with Crippen LogP contribution in [0.3, 0.4) is 0 Å². The van der Waals surface area contributed by atoms with Crippen molar-refractivity contribution in [3.05, 3.63) is 0 Å². The van der Waals surface area contributed by atoms with Gasteiger partial charge in [0.05, 0.1) is 6.10 Å². The highest BCUT2D eigenvalue weighted by molar-refractivity contribution is 4.85. The molecular weight excluding hydrogens is 202 g/mol. The summed E-state index contributed by atoms with van der Waals surface area (Å²) in [5.41, 5.74) is 0. The van der Waals surface area contributed by atoms with E-state index >= 15 is 0 Å². The smallest absolute Gasteiger partial charge is 0.0604 e. The monoisotopic (exact) mass is 227 g/mol. The van der Waals surface area contributed by atoms with E-state index in [1.807, 2.05) is 0 Å². The first-order valence-corrected chi connectivity index (χ1v) is 6.81. The minimum atomic E-state index is 0.522. The van der Waals surface area contributed by atoms with E-state index in [9.17, 15) is 0 Å². The highest BCUT2D eigenvalue weighted by Crippen LogP contribution is 2.28. The normalized spacial score (nSPS) is 29.1. The second-order valence-corrected chi connectivity index (χ2v) is 5.07. The minimum Gasteiger partial charge on any atom is -0.381 e. The van der Waals surface area contributed by atoms with Gasteiger partial charge in [-0.2, -0.15) is 0 Å². The van der Waals surface area contributed by atoms with E-state index in [0.29, 0.717) is 12.1 Å². The molecule has 0 bridgehead atoms. The van der Waals surface area contributed by atoms with Crippen LogP contribution in [0.15, 0.2) is 0 Å². The van der Waals surface area contributed by atoms with E-state index < -0.39 is 0 Å². The molecule has 0 radical (unpaired) electrons. The number of hydrogen-bond acceptors (Lipinski definition) is 3. The average Bonchev–Trinajstić information content (AvgIpc) is 3.02. The van der Waals surface area contributed by atoms with E-state index in [1.54, 1.807) is 0 Å². The van der Waals surface area contributed by atoms with Crippen molar-refractivity contribution in [3.8, 4) is 0 Å². The fraction of sp³-hybridized carbons (Fsp3) is 1.00. The van der Waals surface area contributed by atoms with E-state index in [0.717, 1.165) is 38.7 Å². The highest BCUT2D eigenvalue weighted by Gasteiger charge is 2.28. The molecule has 0 saturated heterocycles. The zero-order valence-electron chi connectivity index (χ0n) is 10.4. The molecular formula is C13H25NO2. The van der Waals surface area contributed by atoms with Gasteiger partial charge in [-0.25, -0.2) is 0 Å². The molecule has 0 aromatic heterocycles. The maximum absolute atomic E-state index is 5.59. The predicted molar refractivity (Wildman–Crippen MR) is 64.6 cm³/mol. The Balaban J connectivity index is 1.33. The molecule has 2 aliphatic carbocycles. The third kappa shape index (κ3) is 4.40. The first kappa shape index (κ1) is 12.3.